The van der Waals surface area contributed by atoms with Crippen molar-refractivity contribution < 1.29 is 9.59 Å². The fourth-order valence-corrected chi connectivity index (χ4v) is 3.27. The van der Waals surface area contributed by atoms with Crippen LogP contribution < -0.4 is 15.5 Å². The molecule has 1 aliphatic rings. The van der Waals surface area contributed by atoms with E-state index in [-0.39, 0.29) is 11.8 Å². The van der Waals surface area contributed by atoms with Gasteiger partial charge in [-0.1, -0.05) is 39.0 Å². The Morgan fingerprint density at radius 1 is 1.04 bits per heavy atom. The number of hydrogen-bond acceptors (Lipinski definition) is 3. The summed E-state index contributed by atoms with van der Waals surface area (Å²) in [6.45, 7) is 7.11. The monoisotopic (exact) mass is 379 g/mol. The fourth-order valence-electron chi connectivity index (χ4n) is 3.27. The molecule has 0 saturated heterocycles. The number of benzene rings is 2. The van der Waals surface area contributed by atoms with E-state index >= 15 is 0 Å². The smallest absolute Gasteiger partial charge is 0.225 e. The summed E-state index contributed by atoms with van der Waals surface area (Å²) >= 11 is 0. The van der Waals surface area contributed by atoms with E-state index in [2.05, 4.69) is 39.8 Å². The highest BCUT2D eigenvalue weighted by atomic mass is 16.2. The summed E-state index contributed by atoms with van der Waals surface area (Å²) in [5.41, 5.74) is 4.16. The molecule has 0 bridgehead atoms. The lowest BCUT2D eigenvalue weighted by Crippen LogP contribution is -2.35. The molecule has 2 N–H and O–H groups in total. The molecular formula is C23H29N3O2. The zero-order valence-corrected chi connectivity index (χ0v) is 16.9. The predicted molar refractivity (Wildman–Crippen MR) is 114 cm³/mol. The molecule has 1 heterocycles. The minimum atomic E-state index is -0.403. The first kappa shape index (κ1) is 19.9. The lowest BCUT2D eigenvalue weighted by atomic mass is 9.96. The highest BCUT2D eigenvalue weighted by molar-refractivity contribution is 5.91. The molecule has 3 rings (SSSR count). The molecule has 0 aromatic heterocycles. The second-order valence-corrected chi connectivity index (χ2v) is 8.23. The van der Waals surface area contributed by atoms with E-state index in [1.54, 1.807) is 0 Å². The standard InChI is InChI=1S/C23H29N3O2/c1-23(2,3)22(28)24-15-6-9-21(27)25-18-10-12-19(13-11-18)26-16-14-17-7-4-5-8-20(17)26/h4-5,7-8,10-13H,6,9,14-16H2,1-3H3,(H,24,28)(H,25,27). The van der Waals surface area contributed by atoms with Gasteiger partial charge in [0.2, 0.25) is 11.8 Å². The van der Waals surface area contributed by atoms with Gasteiger partial charge in [0.15, 0.2) is 0 Å². The molecule has 0 fully saturated rings. The van der Waals surface area contributed by atoms with Crippen molar-refractivity contribution in [3.8, 4) is 0 Å². The zero-order chi connectivity index (χ0) is 20.1. The number of fused-ring (bicyclic) bond motifs is 1. The molecule has 2 amide bonds. The molecule has 0 unspecified atom stereocenters. The average Bonchev–Trinajstić information content (AvgIpc) is 3.09. The van der Waals surface area contributed by atoms with Crippen molar-refractivity contribution in [3.05, 3.63) is 54.1 Å². The Morgan fingerprint density at radius 2 is 1.75 bits per heavy atom. The van der Waals surface area contributed by atoms with Crippen molar-refractivity contribution in [2.45, 2.75) is 40.0 Å². The Bertz CT molecular complexity index is 838. The quantitative estimate of drug-likeness (QED) is 0.737. The Balaban J connectivity index is 1.47. The van der Waals surface area contributed by atoms with Gasteiger partial charge in [0, 0.05) is 42.0 Å². The van der Waals surface area contributed by atoms with Gasteiger partial charge in [0.05, 0.1) is 0 Å². The van der Waals surface area contributed by atoms with Gasteiger partial charge in [0.1, 0.15) is 0 Å². The van der Waals surface area contributed by atoms with E-state index in [1.165, 1.54) is 11.3 Å². The largest absolute Gasteiger partial charge is 0.356 e. The number of para-hydroxylation sites is 1. The first-order valence-corrected chi connectivity index (χ1v) is 9.88. The van der Waals surface area contributed by atoms with Gasteiger partial charge >= 0.3 is 0 Å². The van der Waals surface area contributed by atoms with E-state index < -0.39 is 5.41 Å². The normalized spacial score (nSPS) is 13.2. The summed E-state index contributed by atoms with van der Waals surface area (Å²) in [6, 6.07) is 16.4. The summed E-state index contributed by atoms with van der Waals surface area (Å²) in [7, 11) is 0. The molecule has 0 radical (unpaired) electrons. The van der Waals surface area contributed by atoms with E-state index in [4.69, 9.17) is 0 Å². The van der Waals surface area contributed by atoms with Crippen LogP contribution in [0.1, 0.15) is 39.2 Å². The molecular weight excluding hydrogens is 350 g/mol. The van der Waals surface area contributed by atoms with Crippen LogP contribution in [0.2, 0.25) is 0 Å². The molecule has 148 valence electrons. The van der Waals surface area contributed by atoms with Crippen LogP contribution in [0.5, 0.6) is 0 Å². The molecule has 28 heavy (non-hydrogen) atoms. The Hall–Kier alpha value is -2.82. The number of carbonyl (C=O) groups is 2. The molecule has 1 aliphatic heterocycles. The van der Waals surface area contributed by atoms with Crippen LogP contribution in [0, 0.1) is 5.41 Å². The van der Waals surface area contributed by atoms with E-state index in [0.29, 0.717) is 19.4 Å². The van der Waals surface area contributed by atoms with Crippen LogP contribution in [0.25, 0.3) is 0 Å². The van der Waals surface area contributed by atoms with Crippen LogP contribution in [-0.4, -0.2) is 24.9 Å². The summed E-state index contributed by atoms with van der Waals surface area (Å²) in [6.07, 6.45) is 2.06. The first-order valence-electron chi connectivity index (χ1n) is 9.88. The molecule has 2 aromatic carbocycles. The highest BCUT2D eigenvalue weighted by Crippen LogP contribution is 2.34. The number of carbonyl (C=O) groups excluding carboxylic acids is 2. The SMILES string of the molecule is CC(C)(C)C(=O)NCCCC(=O)Nc1ccc(N2CCc3ccccc32)cc1. The number of amides is 2. The second kappa shape index (κ2) is 8.46. The summed E-state index contributed by atoms with van der Waals surface area (Å²) in [4.78, 5) is 26.2. The Morgan fingerprint density at radius 3 is 2.46 bits per heavy atom. The van der Waals surface area contributed by atoms with Gasteiger partial charge in [-0.15, -0.1) is 0 Å². The molecule has 5 nitrogen and oxygen atoms in total. The molecule has 0 aliphatic carbocycles. The average molecular weight is 380 g/mol. The van der Waals surface area contributed by atoms with Crippen LogP contribution in [0.15, 0.2) is 48.5 Å². The maximum absolute atomic E-state index is 12.1. The van der Waals surface area contributed by atoms with Crippen molar-refractivity contribution in [1.82, 2.24) is 5.32 Å². The van der Waals surface area contributed by atoms with Gasteiger partial charge in [-0.05, 0) is 48.7 Å². The third-order valence-electron chi connectivity index (χ3n) is 4.90. The number of nitrogens with zero attached hydrogens (tertiary/aromatic N) is 1. The maximum atomic E-state index is 12.1. The van der Waals surface area contributed by atoms with Gasteiger partial charge in [-0.2, -0.15) is 0 Å². The third-order valence-corrected chi connectivity index (χ3v) is 4.90. The molecule has 0 saturated carbocycles. The summed E-state index contributed by atoms with van der Waals surface area (Å²) in [5, 5.41) is 5.79. The van der Waals surface area contributed by atoms with Crippen molar-refractivity contribution in [1.29, 1.82) is 0 Å². The lowest BCUT2D eigenvalue weighted by Gasteiger charge is -2.20. The van der Waals surface area contributed by atoms with E-state index in [9.17, 15) is 9.59 Å². The van der Waals surface area contributed by atoms with Crippen molar-refractivity contribution in [3.63, 3.8) is 0 Å². The minimum Gasteiger partial charge on any atom is -0.356 e. The number of hydrogen-bond donors (Lipinski definition) is 2. The molecule has 2 aromatic rings. The van der Waals surface area contributed by atoms with E-state index in [1.807, 2.05) is 45.0 Å². The molecule has 5 heteroatoms. The number of nitrogens with one attached hydrogen (secondary N) is 2. The van der Waals surface area contributed by atoms with Crippen molar-refractivity contribution >= 4 is 28.9 Å². The minimum absolute atomic E-state index is 0.00647. The number of rotatable bonds is 6. The van der Waals surface area contributed by atoms with Crippen LogP contribution in [0.3, 0.4) is 0 Å². The summed E-state index contributed by atoms with van der Waals surface area (Å²) < 4.78 is 0. The summed E-state index contributed by atoms with van der Waals surface area (Å²) in [5.74, 6) is -0.0312. The highest BCUT2D eigenvalue weighted by Gasteiger charge is 2.21. The fraction of sp³-hybridized carbons (Fsp3) is 0.391. The van der Waals surface area contributed by atoms with Crippen molar-refractivity contribution in [2.75, 3.05) is 23.3 Å². The van der Waals surface area contributed by atoms with Crippen LogP contribution in [0.4, 0.5) is 17.1 Å². The predicted octanol–water partition coefficient (Wildman–Crippen LogP) is 4.26. The Labute approximate surface area is 167 Å². The number of anilines is 3. The second-order valence-electron chi connectivity index (χ2n) is 8.23. The topological polar surface area (TPSA) is 61.4 Å². The molecule has 0 atom stereocenters. The first-order chi connectivity index (χ1) is 13.3. The van der Waals surface area contributed by atoms with Gasteiger partial charge in [0.25, 0.3) is 0 Å². The van der Waals surface area contributed by atoms with Gasteiger partial charge in [-0.25, -0.2) is 0 Å². The Kier molecular flexibility index (Phi) is 6.02. The zero-order valence-electron chi connectivity index (χ0n) is 16.9. The molecule has 0 spiro atoms. The lowest BCUT2D eigenvalue weighted by molar-refractivity contribution is -0.128. The van der Waals surface area contributed by atoms with Crippen molar-refractivity contribution in [2.24, 2.45) is 5.41 Å². The van der Waals surface area contributed by atoms with E-state index in [0.717, 1.165) is 24.3 Å². The van der Waals surface area contributed by atoms with Gasteiger partial charge < -0.3 is 15.5 Å². The van der Waals surface area contributed by atoms with Gasteiger partial charge in [-0.3, -0.25) is 9.59 Å². The third kappa shape index (κ3) is 4.91. The maximum Gasteiger partial charge on any atom is 0.225 e. The van der Waals surface area contributed by atoms with Crippen LogP contribution in [-0.2, 0) is 16.0 Å². The van der Waals surface area contributed by atoms with Crippen LogP contribution >= 0.6 is 0 Å².